The highest BCUT2D eigenvalue weighted by Gasteiger charge is 2.45. The topological polar surface area (TPSA) is 45.2 Å². The SMILES string of the molecule is O=C1NCC[C@@]12CCCN(c1ccc(C(F)(F)F)cn1)C2. The van der Waals surface area contributed by atoms with Crippen LogP contribution in [0.15, 0.2) is 18.3 Å². The van der Waals surface area contributed by atoms with Crippen LogP contribution >= 0.6 is 0 Å². The van der Waals surface area contributed by atoms with Crippen molar-refractivity contribution in [2.24, 2.45) is 5.41 Å². The number of hydrogen-bond acceptors (Lipinski definition) is 3. The number of amides is 1. The van der Waals surface area contributed by atoms with Crippen LogP contribution in [0.3, 0.4) is 0 Å². The molecule has 0 aromatic carbocycles. The lowest BCUT2D eigenvalue weighted by Crippen LogP contribution is -2.47. The Morgan fingerprint density at radius 3 is 2.67 bits per heavy atom. The molecule has 0 saturated carbocycles. The Balaban J connectivity index is 1.79. The zero-order valence-corrected chi connectivity index (χ0v) is 11.4. The lowest BCUT2D eigenvalue weighted by molar-refractivity contribution is -0.137. The number of hydrogen-bond donors (Lipinski definition) is 1. The summed E-state index contributed by atoms with van der Waals surface area (Å²) in [5.74, 6) is 0.556. The maximum Gasteiger partial charge on any atom is 0.417 e. The van der Waals surface area contributed by atoms with Crippen molar-refractivity contribution < 1.29 is 18.0 Å². The van der Waals surface area contributed by atoms with Gasteiger partial charge in [-0.25, -0.2) is 4.98 Å². The summed E-state index contributed by atoms with van der Waals surface area (Å²) < 4.78 is 37.6. The fraction of sp³-hybridized carbons (Fsp3) is 0.571. The normalized spacial score (nSPS) is 26.2. The highest BCUT2D eigenvalue weighted by molar-refractivity contribution is 5.85. The first-order valence-corrected chi connectivity index (χ1v) is 6.97. The highest BCUT2D eigenvalue weighted by atomic mass is 19.4. The van der Waals surface area contributed by atoms with Crippen LogP contribution in [0.25, 0.3) is 0 Å². The summed E-state index contributed by atoms with van der Waals surface area (Å²) in [4.78, 5) is 17.8. The molecule has 1 aromatic rings. The number of halogens is 3. The Morgan fingerprint density at radius 2 is 2.10 bits per heavy atom. The second-order valence-electron chi connectivity index (χ2n) is 5.71. The van der Waals surface area contributed by atoms with Gasteiger partial charge in [0.05, 0.1) is 11.0 Å². The van der Waals surface area contributed by atoms with Crippen LogP contribution in [0, 0.1) is 5.41 Å². The van der Waals surface area contributed by atoms with E-state index < -0.39 is 17.2 Å². The summed E-state index contributed by atoms with van der Waals surface area (Å²) in [6.45, 7) is 1.91. The molecule has 2 fully saturated rings. The molecular weight excluding hydrogens is 283 g/mol. The Labute approximate surface area is 120 Å². The van der Waals surface area contributed by atoms with E-state index in [0.717, 1.165) is 31.5 Å². The fourth-order valence-corrected chi connectivity index (χ4v) is 3.17. The van der Waals surface area contributed by atoms with Gasteiger partial charge < -0.3 is 10.2 Å². The summed E-state index contributed by atoms with van der Waals surface area (Å²) in [5.41, 5.74) is -1.15. The van der Waals surface area contributed by atoms with Crippen molar-refractivity contribution in [2.45, 2.75) is 25.4 Å². The average Bonchev–Trinajstić information content (AvgIpc) is 2.79. The van der Waals surface area contributed by atoms with Crippen molar-refractivity contribution in [1.29, 1.82) is 0 Å². The lowest BCUT2D eigenvalue weighted by atomic mass is 9.78. The summed E-state index contributed by atoms with van der Waals surface area (Å²) in [5, 5.41) is 2.85. The predicted octanol–water partition coefficient (Wildman–Crippen LogP) is 2.21. The van der Waals surface area contributed by atoms with E-state index in [-0.39, 0.29) is 5.91 Å². The van der Waals surface area contributed by atoms with E-state index in [0.29, 0.717) is 25.5 Å². The minimum atomic E-state index is -4.38. The predicted molar refractivity (Wildman–Crippen MR) is 70.7 cm³/mol. The van der Waals surface area contributed by atoms with Gasteiger partial charge in [-0.05, 0) is 31.4 Å². The molecule has 0 bridgehead atoms. The van der Waals surface area contributed by atoms with Crippen LogP contribution < -0.4 is 10.2 Å². The molecule has 114 valence electrons. The number of nitrogens with one attached hydrogen (secondary N) is 1. The molecule has 4 nitrogen and oxygen atoms in total. The van der Waals surface area contributed by atoms with Gasteiger partial charge in [-0.15, -0.1) is 0 Å². The van der Waals surface area contributed by atoms with E-state index in [9.17, 15) is 18.0 Å². The van der Waals surface area contributed by atoms with Crippen molar-refractivity contribution in [3.8, 4) is 0 Å². The largest absolute Gasteiger partial charge is 0.417 e. The Kier molecular flexibility index (Phi) is 3.30. The van der Waals surface area contributed by atoms with Crippen LogP contribution in [0.2, 0.25) is 0 Å². The van der Waals surface area contributed by atoms with Crippen molar-refractivity contribution in [2.75, 3.05) is 24.5 Å². The van der Waals surface area contributed by atoms with Crippen molar-refractivity contribution in [1.82, 2.24) is 10.3 Å². The summed E-state index contributed by atoms with van der Waals surface area (Å²) in [6, 6.07) is 2.42. The molecule has 1 amide bonds. The second kappa shape index (κ2) is 4.89. The van der Waals surface area contributed by atoms with E-state index in [1.165, 1.54) is 6.07 Å². The molecule has 1 atom stereocenters. The van der Waals surface area contributed by atoms with Gasteiger partial charge in [0.15, 0.2) is 0 Å². The molecule has 1 spiro atoms. The Morgan fingerprint density at radius 1 is 1.29 bits per heavy atom. The molecule has 1 N–H and O–H groups in total. The van der Waals surface area contributed by atoms with Gasteiger partial charge in [0.25, 0.3) is 0 Å². The van der Waals surface area contributed by atoms with Gasteiger partial charge >= 0.3 is 6.18 Å². The third-order valence-electron chi connectivity index (χ3n) is 4.35. The Hall–Kier alpha value is -1.79. The van der Waals surface area contributed by atoms with Gasteiger partial charge in [0.2, 0.25) is 5.91 Å². The number of rotatable bonds is 1. The van der Waals surface area contributed by atoms with Crippen molar-refractivity contribution >= 4 is 11.7 Å². The van der Waals surface area contributed by atoms with Gasteiger partial charge in [0, 0.05) is 25.8 Å². The molecule has 2 saturated heterocycles. The quantitative estimate of drug-likeness (QED) is 0.865. The molecule has 3 rings (SSSR count). The summed E-state index contributed by atoms with van der Waals surface area (Å²) >= 11 is 0. The van der Waals surface area contributed by atoms with Crippen LogP contribution in [0.4, 0.5) is 19.0 Å². The van der Waals surface area contributed by atoms with E-state index in [1.54, 1.807) is 0 Å². The average molecular weight is 299 g/mol. The van der Waals surface area contributed by atoms with Gasteiger partial charge in [-0.1, -0.05) is 0 Å². The second-order valence-corrected chi connectivity index (χ2v) is 5.71. The third kappa shape index (κ3) is 2.56. The zero-order valence-electron chi connectivity index (χ0n) is 11.4. The maximum absolute atomic E-state index is 12.5. The first-order chi connectivity index (χ1) is 9.91. The zero-order chi connectivity index (χ0) is 15.1. The molecule has 21 heavy (non-hydrogen) atoms. The van der Waals surface area contributed by atoms with Gasteiger partial charge in [-0.2, -0.15) is 13.2 Å². The number of aromatic nitrogens is 1. The monoisotopic (exact) mass is 299 g/mol. The van der Waals surface area contributed by atoms with Crippen LogP contribution in [0.5, 0.6) is 0 Å². The first kappa shape index (κ1) is 14.2. The molecule has 0 unspecified atom stereocenters. The fourth-order valence-electron chi connectivity index (χ4n) is 3.17. The van der Waals surface area contributed by atoms with Crippen LogP contribution in [-0.4, -0.2) is 30.5 Å². The number of nitrogens with zero attached hydrogens (tertiary/aromatic N) is 2. The molecule has 2 aliphatic rings. The molecule has 3 heterocycles. The summed E-state index contributed by atoms with van der Waals surface area (Å²) in [6.07, 6.45) is -1.07. The van der Waals surface area contributed by atoms with Crippen molar-refractivity contribution in [3.63, 3.8) is 0 Å². The van der Waals surface area contributed by atoms with Crippen LogP contribution in [-0.2, 0) is 11.0 Å². The molecule has 0 aliphatic carbocycles. The minimum absolute atomic E-state index is 0.0547. The lowest BCUT2D eigenvalue weighted by Gasteiger charge is -2.39. The molecular formula is C14H16F3N3O. The molecule has 0 radical (unpaired) electrons. The highest BCUT2D eigenvalue weighted by Crippen LogP contribution is 2.38. The number of alkyl halides is 3. The minimum Gasteiger partial charge on any atom is -0.356 e. The standard InChI is InChI=1S/C14H16F3N3O/c15-14(16,17)10-2-3-11(19-8-10)20-7-1-4-13(9-20)5-6-18-12(13)21/h2-3,8H,1,4-7,9H2,(H,18,21)/t13-/m1/s1. The number of pyridine rings is 1. The van der Waals surface area contributed by atoms with Crippen LogP contribution in [0.1, 0.15) is 24.8 Å². The van der Waals surface area contributed by atoms with Gasteiger partial charge in [-0.3, -0.25) is 4.79 Å². The van der Waals surface area contributed by atoms with Crippen molar-refractivity contribution in [3.05, 3.63) is 23.9 Å². The maximum atomic E-state index is 12.5. The van der Waals surface area contributed by atoms with E-state index >= 15 is 0 Å². The number of anilines is 1. The van der Waals surface area contributed by atoms with Gasteiger partial charge in [0.1, 0.15) is 5.82 Å². The molecule has 1 aromatic heterocycles. The van der Waals surface area contributed by atoms with E-state index in [2.05, 4.69) is 10.3 Å². The number of carbonyl (C=O) groups excluding carboxylic acids is 1. The third-order valence-corrected chi connectivity index (χ3v) is 4.35. The Bertz CT molecular complexity index is 543. The molecule has 2 aliphatic heterocycles. The smallest absolute Gasteiger partial charge is 0.356 e. The number of piperidine rings is 1. The molecule has 7 heteroatoms. The van der Waals surface area contributed by atoms with E-state index in [4.69, 9.17) is 0 Å². The summed E-state index contributed by atoms with van der Waals surface area (Å²) in [7, 11) is 0. The van der Waals surface area contributed by atoms with E-state index in [1.807, 2.05) is 4.90 Å². The first-order valence-electron chi connectivity index (χ1n) is 6.97. The number of carbonyl (C=O) groups is 1.